The Morgan fingerprint density at radius 2 is 2.17 bits per heavy atom. The molecule has 0 aromatic heterocycles. The lowest BCUT2D eigenvalue weighted by atomic mass is 10.1. The number of amides is 1. The van der Waals surface area contributed by atoms with Gasteiger partial charge in [-0.2, -0.15) is 0 Å². The Morgan fingerprint density at radius 1 is 1.50 bits per heavy atom. The van der Waals surface area contributed by atoms with Gasteiger partial charge in [-0.3, -0.25) is 4.79 Å². The lowest BCUT2D eigenvalue weighted by Crippen LogP contribution is -2.39. The standard InChI is InChI=1S/C12H16N2O4/c1-7-4-3-5-9(10(7)12(16)17)14-11(15)8(13)6-18-2/h3-5,8H,6,13H2,1-2H3,(H,14,15)(H,16,17). The van der Waals surface area contributed by atoms with Gasteiger partial charge in [0.05, 0.1) is 17.9 Å². The number of rotatable bonds is 5. The van der Waals surface area contributed by atoms with E-state index >= 15 is 0 Å². The van der Waals surface area contributed by atoms with Crippen LogP contribution < -0.4 is 11.1 Å². The second kappa shape index (κ2) is 6.13. The number of hydrogen-bond donors (Lipinski definition) is 3. The van der Waals surface area contributed by atoms with E-state index in [2.05, 4.69) is 5.32 Å². The summed E-state index contributed by atoms with van der Waals surface area (Å²) in [7, 11) is 1.43. The summed E-state index contributed by atoms with van der Waals surface area (Å²) in [5.41, 5.74) is 6.43. The van der Waals surface area contributed by atoms with Crippen LogP contribution in [0.5, 0.6) is 0 Å². The Hall–Kier alpha value is -1.92. The van der Waals surface area contributed by atoms with Crippen molar-refractivity contribution in [2.45, 2.75) is 13.0 Å². The zero-order chi connectivity index (χ0) is 13.7. The number of aryl methyl sites for hydroxylation is 1. The quantitative estimate of drug-likeness (QED) is 0.712. The molecule has 1 rings (SSSR count). The van der Waals surface area contributed by atoms with E-state index in [9.17, 15) is 9.59 Å². The molecule has 1 aromatic rings. The van der Waals surface area contributed by atoms with E-state index in [1.807, 2.05) is 0 Å². The van der Waals surface area contributed by atoms with Crippen LogP contribution in [-0.2, 0) is 9.53 Å². The van der Waals surface area contributed by atoms with Crippen LogP contribution in [0.4, 0.5) is 5.69 Å². The fourth-order valence-corrected chi connectivity index (χ4v) is 1.54. The van der Waals surface area contributed by atoms with Crippen molar-refractivity contribution in [2.24, 2.45) is 5.73 Å². The van der Waals surface area contributed by atoms with Crippen LogP contribution >= 0.6 is 0 Å². The Morgan fingerprint density at radius 3 is 2.72 bits per heavy atom. The molecule has 0 aliphatic heterocycles. The van der Waals surface area contributed by atoms with Gasteiger partial charge in [-0.1, -0.05) is 12.1 Å². The van der Waals surface area contributed by atoms with Crippen LogP contribution in [0.25, 0.3) is 0 Å². The lowest BCUT2D eigenvalue weighted by Gasteiger charge is -2.14. The molecule has 6 nitrogen and oxygen atoms in total. The molecule has 0 saturated heterocycles. The average molecular weight is 252 g/mol. The number of hydrogen-bond acceptors (Lipinski definition) is 4. The fraction of sp³-hybridized carbons (Fsp3) is 0.333. The number of nitrogens with two attached hydrogens (primary N) is 1. The van der Waals surface area contributed by atoms with Crippen LogP contribution in [0.1, 0.15) is 15.9 Å². The first-order chi connectivity index (χ1) is 8.47. The molecule has 0 saturated carbocycles. The number of aromatic carboxylic acids is 1. The maximum Gasteiger partial charge on any atom is 0.338 e. The summed E-state index contributed by atoms with van der Waals surface area (Å²) in [5.74, 6) is -1.58. The van der Waals surface area contributed by atoms with Gasteiger partial charge in [0.15, 0.2) is 0 Å². The number of carbonyl (C=O) groups excluding carboxylic acids is 1. The minimum absolute atomic E-state index is 0.0652. The molecular weight excluding hydrogens is 236 g/mol. The zero-order valence-corrected chi connectivity index (χ0v) is 10.3. The highest BCUT2D eigenvalue weighted by Gasteiger charge is 2.18. The number of nitrogens with one attached hydrogen (secondary N) is 1. The van der Waals surface area contributed by atoms with E-state index in [1.54, 1.807) is 19.1 Å². The Balaban J connectivity index is 2.94. The Kier molecular flexibility index (Phi) is 4.82. The van der Waals surface area contributed by atoms with Crippen LogP contribution in [-0.4, -0.2) is 36.7 Å². The molecule has 18 heavy (non-hydrogen) atoms. The minimum Gasteiger partial charge on any atom is -0.478 e. The number of benzene rings is 1. The van der Waals surface area contributed by atoms with Crippen molar-refractivity contribution in [1.82, 2.24) is 0 Å². The van der Waals surface area contributed by atoms with Crippen LogP contribution in [0, 0.1) is 6.92 Å². The lowest BCUT2D eigenvalue weighted by molar-refractivity contribution is -0.118. The van der Waals surface area contributed by atoms with E-state index in [0.717, 1.165) is 0 Å². The summed E-state index contributed by atoms with van der Waals surface area (Å²) in [5, 5.41) is 11.6. The Bertz CT molecular complexity index is 459. The van der Waals surface area contributed by atoms with Gasteiger partial charge >= 0.3 is 5.97 Å². The summed E-state index contributed by atoms with van der Waals surface area (Å²) < 4.78 is 4.76. The summed E-state index contributed by atoms with van der Waals surface area (Å²) in [4.78, 5) is 22.8. The average Bonchev–Trinajstić information content (AvgIpc) is 2.28. The molecule has 0 heterocycles. The van der Waals surface area contributed by atoms with Gasteiger partial charge in [-0.05, 0) is 18.6 Å². The number of ether oxygens (including phenoxy) is 1. The smallest absolute Gasteiger partial charge is 0.338 e. The van der Waals surface area contributed by atoms with Crippen molar-refractivity contribution in [3.63, 3.8) is 0 Å². The normalized spacial score (nSPS) is 11.9. The molecule has 1 aromatic carbocycles. The van der Waals surface area contributed by atoms with Gasteiger partial charge in [0.2, 0.25) is 5.91 Å². The predicted octanol–water partition coefficient (Wildman–Crippen LogP) is 0.605. The molecule has 1 unspecified atom stereocenters. The van der Waals surface area contributed by atoms with E-state index in [-0.39, 0.29) is 17.9 Å². The molecule has 98 valence electrons. The predicted molar refractivity (Wildman–Crippen MR) is 66.6 cm³/mol. The molecule has 0 aliphatic carbocycles. The molecule has 0 bridgehead atoms. The zero-order valence-electron chi connectivity index (χ0n) is 10.3. The minimum atomic E-state index is -1.09. The van der Waals surface area contributed by atoms with Crippen LogP contribution in [0.15, 0.2) is 18.2 Å². The monoisotopic (exact) mass is 252 g/mol. The van der Waals surface area contributed by atoms with E-state index < -0.39 is 17.9 Å². The number of carboxylic acids is 1. The van der Waals surface area contributed by atoms with Gasteiger partial charge in [0.1, 0.15) is 6.04 Å². The highest BCUT2D eigenvalue weighted by molar-refractivity contribution is 6.03. The highest BCUT2D eigenvalue weighted by atomic mass is 16.5. The van der Waals surface area contributed by atoms with E-state index in [1.165, 1.54) is 13.2 Å². The SMILES string of the molecule is COCC(N)C(=O)Nc1cccc(C)c1C(=O)O. The van der Waals surface area contributed by atoms with Crippen molar-refractivity contribution in [1.29, 1.82) is 0 Å². The summed E-state index contributed by atoms with van der Waals surface area (Å²) in [6.45, 7) is 1.73. The summed E-state index contributed by atoms with van der Waals surface area (Å²) in [6, 6.07) is 4.01. The third kappa shape index (κ3) is 3.28. The fourth-order valence-electron chi connectivity index (χ4n) is 1.54. The number of carboxylic acid groups (broad SMARTS) is 1. The van der Waals surface area contributed by atoms with Gasteiger partial charge < -0.3 is 20.9 Å². The van der Waals surface area contributed by atoms with Gasteiger partial charge in [-0.15, -0.1) is 0 Å². The largest absolute Gasteiger partial charge is 0.478 e. The number of anilines is 1. The molecule has 6 heteroatoms. The van der Waals surface area contributed by atoms with Gasteiger partial charge in [0, 0.05) is 7.11 Å². The molecule has 1 atom stereocenters. The molecule has 0 aliphatic rings. The first kappa shape index (κ1) is 14.1. The van der Waals surface area contributed by atoms with Crippen molar-refractivity contribution in [3.05, 3.63) is 29.3 Å². The van der Waals surface area contributed by atoms with Crippen molar-refractivity contribution in [2.75, 3.05) is 19.0 Å². The van der Waals surface area contributed by atoms with Crippen molar-refractivity contribution in [3.8, 4) is 0 Å². The molecule has 0 radical (unpaired) electrons. The topological polar surface area (TPSA) is 102 Å². The molecule has 4 N–H and O–H groups in total. The van der Waals surface area contributed by atoms with E-state index in [0.29, 0.717) is 5.56 Å². The van der Waals surface area contributed by atoms with Crippen LogP contribution in [0.3, 0.4) is 0 Å². The maximum atomic E-state index is 11.7. The first-order valence-electron chi connectivity index (χ1n) is 5.35. The van der Waals surface area contributed by atoms with Gasteiger partial charge in [0.25, 0.3) is 0 Å². The summed E-state index contributed by atoms with van der Waals surface area (Å²) in [6.07, 6.45) is 0. The second-order valence-corrected chi connectivity index (χ2v) is 3.85. The summed E-state index contributed by atoms with van der Waals surface area (Å²) >= 11 is 0. The number of methoxy groups -OCH3 is 1. The maximum absolute atomic E-state index is 11.7. The van der Waals surface area contributed by atoms with Crippen molar-refractivity contribution >= 4 is 17.6 Å². The van der Waals surface area contributed by atoms with Crippen molar-refractivity contribution < 1.29 is 19.4 Å². The highest BCUT2D eigenvalue weighted by Crippen LogP contribution is 2.19. The molecule has 0 spiro atoms. The molecule has 0 fully saturated rings. The van der Waals surface area contributed by atoms with Crippen LogP contribution in [0.2, 0.25) is 0 Å². The third-order valence-electron chi connectivity index (χ3n) is 2.43. The third-order valence-corrected chi connectivity index (χ3v) is 2.43. The Labute approximate surface area is 105 Å². The van der Waals surface area contributed by atoms with E-state index in [4.69, 9.17) is 15.6 Å². The number of carbonyl (C=O) groups is 2. The second-order valence-electron chi connectivity index (χ2n) is 3.85. The first-order valence-corrected chi connectivity index (χ1v) is 5.35. The molecule has 1 amide bonds. The molecular formula is C12H16N2O4. The van der Waals surface area contributed by atoms with Gasteiger partial charge in [-0.25, -0.2) is 4.79 Å².